The molecule has 0 saturated heterocycles. The van der Waals surface area contributed by atoms with Gasteiger partial charge in [0.05, 0.1) is 11.3 Å². The first-order chi connectivity index (χ1) is 9.08. The summed E-state index contributed by atoms with van der Waals surface area (Å²) < 4.78 is 5.38. The van der Waals surface area contributed by atoms with Gasteiger partial charge in [0.15, 0.2) is 11.7 Å². The molecule has 2 aromatic rings. The van der Waals surface area contributed by atoms with Crippen molar-refractivity contribution in [1.82, 2.24) is 4.98 Å². The molecule has 0 atom stereocenters. The van der Waals surface area contributed by atoms with E-state index in [9.17, 15) is 4.79 Å². The highest BCUT2D eigenvalue weighted by atomic mass is 16.7. The number of hydrogen-bond acceptors (Lipinski definition) is 5. The predicted octanol–water partition coefficient (Wildman–Crippen LogP) is 2.87. The lowest BCUT2D eigenvalue weighted by Gasteiger charge is -1.99. The Labute approximate surface area is 110 Å². The van der Waals surface area contributed by atoms with Crippen molar-refractivity contribution in [2.75, 3.05) is 0 Å². The Balaban J connectivity index is 2.11. The first kappa shape index (κ1) is 13.0. The lowest BCUT2D eigenvalue weighted by atomic mass is 10.2. The predicted molar refractivity (Wildman–Crippen MR) is 70.0 cm³/mol. The normalized spacial score (nSPS) is 11.4. The smallest absolute Gasteiger partial charge is 0.365 e. The van der Waals surface area contributed by atoms with Crippen LogP contribution in [0.1, 0.15) is 34.6 Å². The molecule has 19 heavy (non-hydrogen) atoms. The number of carbonyl (C=O) groups is 1. The van der Waals surface area contributed by atoms with Crippen LogP contribution in [-0.2, 0) is 4.84 Å². The lowest BCUT2D eigenvalue weighted by molar-refractivity contribution is 0.0516. The summed E-state index contributed by atoms with van der Waals surface area (Å²) in [4.78, 5) is 20.7. The Morgan fingerprint density at radius 1 is 1.26 bits per heavy atom. The molecule has 0 radical (unpaired) electrons. The van der Waals surface area contributed by atoms with Gasteiger partial charge in [-0.1, -0.05) is 23.4 Å². The van der Waals surface area contributed by atoms with E-state index in [1.807, 2.05) is 13.0 Å². The fraction of sp³-hybridized carbons (Fsp3) is 0.214. The largest absolute Gasteiger partial charge is 0.439 e. The molecule has 0 aliphatic rings. The minimum Gasteiger partial charge on any atom is -0.439 e. The Morgan fingerprint density at radius 3 is 2.53 bits per heavy atom. The molecule has 0 unspecified atom stereocenters. The molecule has 5 heteroatoms. The van der Waals surface area contributed by atoms with Crippen LogP contribution in [0.4, 0.5) is 0 Å². The van der Waals surface area contributed by atoms with Gasteiger partial charge in [-0.15, -0.1) is 0 Å². The second-order valence-electron chi connectivity index (χ2n) is 4.07. The van der Waals surface area contributed by atoms with Crippen molar-refractivity contribution in [3.05, 3.63) is 53.2 Å². The van der Waals surface area contributed by atoms with Gasteiger partial charge in [0, 0.05) is 6.92 Å². The number of benzene rings is 1. The summed E-state index contributed by atoms with van der Waals surface area (Å²) in [6.45, 7) is 5.26. The Kier molecular flexibility index (Phi) is 3.75. The van der Waals surface area contributed by atoms with E-state index in [-0.39, 0.29) is 0 Å². The summed E-state index contributed by atoms with van der Waals surface area (Å²) in [5.74, 6) is 0.573. The zero-order valence-corrected chi connectivity index (χ0v) is 11.0. The minimum absolute atomic E-state index is 0.449. The number of oxime groups is 1. The van der Waals surface area contributed by atoms with Crippen LogP contribution in [0.15, 0.2) is 39.9 Å². The molecule has 2 rings (SSSR count). The molecule has 0 bridgehead atoms. The molecule has 0 amide bonds. The van der Waals surface area contributed by atoms with Crippen LogP contribution in [0.2, 0.25) is 0 Å². The van der Waals surface area contributed by atoms with Crippen molar-refractivity contribution in [3.63, 3.8) is 0 Å². The van der Waals surface area contributed by atoms with Crippen molar-refractivity contribution in [3.8, 4) is 0 Å². The highest BCUT2D eigenvalue weighted by molar-refractivity contribution is 5.97. The topological polar surface area (TPSA) is 64.7 Å². The third kappa shape index (κ3) is 3.07. The van der Waals surface area contributed by atoms with Crippen molar-refractivity contribution in [2.45, 2.75) is 20.8 Å². The van der Waals surface area contributed by atoms with E-state index >= 15 is 0 Å². The second-order valence-corrected chi connectivity index (χ2v) is 4.07. The summed E-state index contributed by atoms with van der Waals surface area (Å²) in [5.41, 5.74) is 1.64. The van der Waals surface area contributed by atoms with Crippen molar-refractivity contribution >= 4 is 11.7 Å². The zero-order valence-electron chi connectivity index (χ0n) is 11.0. The highest BCUT2D eigenvalue weighted by Gasteiger charge is 2.12. The summed E-state index contributed by atoms with van der Waals surface area (Å²) in [5, 5.41) is 3.78. The first-order valence-corrected chi connectivity index (χ1v) is 5.83. The molecule has 1 aromatic carbocycles. The van der Waals surface area contributed by atoms with E-state index in [4.69, 9.17) is 9.25 Å². The molecule has 0 saturated carbocycles. The standard InChI is InChI=1S/C14H14N2O3/c1-9-13(18-11(3)15-9)10(2)16-19-14(17)12-7-5-4-6-8-12/h4-8H,1-3H3. The third-order valence-electron chi connectivity index (χ3n) is 2.51. The average molecular weight is 258 g/mol. The van der Waals surface area contributed by atoms with Gasteiger partial charge in [0.2, 0.25) is 0 Å². The van der Waals surface area contributed by atoms with Gasteiger partial charge in [-0.2, -0.15) is 0 Å². The molecule has 0 aliphatic carbocycles. The second kappa shape index (κ2) is 5.48. The van der Waals surface area contributed by atoms with Crippen LogP contribution < -0.4 is 0 Å². The minimum atomic E-state index is -0.506. The van der Waals surface area contributed by atoms with Crippen molar-refractivity contribution in [2.24, 2.45) is 5.16 Å². The number of nitrogens with zero attached hydrogens (tertiary/aromatic N) is 2. The average Bonchev–Trinajstić information content (AvgIpc) is 2.75. The van der Waals surface area contributed by atoms with E-state index < -0.39 is 5.97 Å². The summed E-state index contributed by atoms with van der Waals surface area (Å²) in [7, 11) is 0. The highest BCUT2D eigenvalue weighted by Crippen LogP contribution is 2.11. The number of aryl methyl sites for hydroxylation is 2. The van der Waals surface area contributed by atoms with Gasteiger partial charge in [0.1, 0.15) is 5.71 Å². The SMILES string of the molecule is CC(=NOC(=O)c1ccccc1)c1oc(C)nc1C. The van der Waals surface area contributed by atoms with E-state index in [0.29, 0.717) is 22.9 Å². The molecule has 0 N–H and O–H groups in total. The Bertz CT molecular complexity index is 615. The number of rotatable bonds is 3. The van der Waals surface area contributed by atoms with Crippen LogP contribution >= 0.6 is 0 Å². The molecular weight excluding hydrogens is 244 g/mol. The van der Waals surface area contributed by atoms with Crippen molar-refractivity contribution < 1.29 is 14.0 Å². The van der Waals surface area contributed by atoms with E-state index in [0.717, 1.165) is 5.69 Å². The van der Waals surface area contributed by atoms with E-state index in [1.165, 1.54) is 0 Å². The maximum Gasteiger partial charge on any atom is 0.365 e. The van der Waals surface area contributed by atoms with Gasteiger partial charge in [-0.05, 0) is 26.0 Å². The van der Waals surface area contributed by atoms with Gasteiger partial charge in [-0.3, -0.25) is 0 Å². The van der Waals surface area contributed by atoms with Crippen molar-refractivity contribution in [1.29, 1.82) is 0 Å². The summed E-state index contributed by atoms with van der Waals surface area (Å²) in [6, 6.07) is 8.67. The van der Waals surface area contributed by atoms with Crippen LogP contribution in [0.5, 0.6) is 0 Å². The molecular formula is C14H14N2O3. The van der Waals surface area contributed by atoms with Gasteiger partial charge >= 0.3 is 5.97 Å². The van der Waals surface area contributed by atoms with Crippen LogP contribution in [-0.4, -0.2) is 16.7 Å². The van der Waals surface area contributed by atoms with E-state index in [1.54, 1.807) is 38.1 Å². The van der Waals surface area contributed by atoms with Crippen LogP contribution in [0, 0.1) is 13.8 Å². The van der Waals surface area contributed by atoms with Crippen LogP contribution in [0.25, 0.3) is 0 Å². The Hall–Kier alpha value is -2.43. The van der Waals surface area contributed by atoms with E-state index in [2.05, 4.69) is 10.1 Å². The number of aromatic nitrogens is 1. The summed E-state index contributed by atoms with van der Waals surface area (Å²) in [6.07, 6.45) is 0. The maximum atomic E-state index is 11.7. The maximum absolute atomic E-state index is 11.7. The lowest BCUT2D eigenvalue weighted by Crippen LogP contribution is -2.04. The zero-order chi connectivity index (χ0) is 13.8. The number of hydrogen-bond donors (Lipinski definition) is 0. The number of oxazole rings is 1. The first-order valence-electron chi connectivity index (χ1n) is 5.83. The molecule has 1 heterocycles. The molecule has 1 aromatic heterocycles. The van der Waals surface area contributed by atoms with Gasteiger partial charge in [0.25, 0.3) is 0 Å². The fourth-order valence-electron chi connectivity index (χ4n) is 1.65. The van der Waals surface area contributed by atoms with Gasteiger partial charge < -0.3 is 9.25 Å². The third-order valence-corrected chi connectivity index (χ3v) is 2.51. The summed E-state index contributed by atoms with van der Waals surface area (Å²) >= 11 is 0. The molecule has 98 valence electrons. The molecule has 5 nitrogen and oxygen atoms in total. The molecule has 0 aliphatic heterocycles. The fourth-order valence-corrected chi connectivity index (χ4v) is 1.65. The monoisotopic (exact) mass is 258 g/mol. The van der Waals surface area contributed by atoms with Crippen LogP contribution in [0.3, 0.4) is 0 Å². The quantitative estimate of drug-likeness (QED) is 0.482. The Morgan fingerprint density at radius 2 is 1.95 bits per heavy atom. The molecule has 0 spiro atoms. The number of carbonyl (C=O) groups excluding carboxylic acids is 1. The molecule has 0 fully saturated rings. The van der Waals surface area contributed by atoms with Gasteiger partial charge in [-0.25, -0.2) is 9.78 Å².